The first-order valence-electron chi connectivity index (χ1n) is 17.5. The summed E-state index contributed by atoms with van der Waals surface area (Å²) < 4.78 is 4.71. The van der Waals surface area contributed by atoms with Gasteiger partial charge in [0, 0.05) is 32.9 Å². The molecule has 3 heteroatoms. The van der Waals surface area contributed by atoms with Gasteiger partial charge >= 0.3 is 0 Å². The maximum atomic E-state index is 7.49. The van der Waals surface area contributed by atoms with Crippen LogP contribution in [-0.2, 0) is 0 Å². The average Bonchev–Trinajstić information content (AvgIpc) is 3.73. The zero-order valence-electron chi connectivity index (χ0n) is 28.2. The molecule has 0 aliphatic carbocycles. The van der Waals surface area contributed by atoms with Crippen molar-refractivity contribution in [3.05, 3.63) is 199 Å². The summed E-state index contributed by atoms with van der Waals surface area (Å²) in [6.07, 6.45) is 0. The third-order valence-corrected chi connectivity index (χ3v) is 10.3. The van der Waals surface area contributed by atoms with Crippen molar-refractivity contribution < 1.29 is 0 Å². The molecule has 242 valence electrons. The van der Waals surface area contributed by atoms with Crippen LogP contribution >= 0.6 is 0 Å². The van der Waals surface area contributed by atoms with Gasteiger partial charge in [0.15, 0.2) is 5.69 Å². The van der Waals surface area contributed by atoms with E-state index in [2.05, 4.69) is 190 Å². The van der Waals surface area contributed by atoms with E-state index in [-0.39, 0.29) is 0 Å². The van der Waals surface area contributed by atoms with Crippen molar-refractivity contribution in [3.8, 4) is 44.8 Å². The van der Waals surface area contributed by atoms with Gasteiger partial charge in [0.25, 0.3) is 0 Å². The third-order valence-electron chi connectivity index (χ3n) is 10.3. The number of hydrogen-bond acceptors (Lipinski definition) is 0. The maximum Gasteiger partial charge on any atom is 0.187 e. The molecule has 8 aromatic carbocycles. The molecule has 0 spiro atoms. The van der Waals surface area contributed by atoms with Crippen molar-refractivity contribution in [3.63, 3.8) is 0 Å². The molecule has 0 fully saturated rings. The second kappa shape index (κ2) is 12.0. The molecule has 0 amide bonds. The molecule has 2 aromatic heterocycles. The number of aromatic nitrogens is 2. The summed E-state index contributed by atoms with van der Waals surface area (Å²) in [4.78, 5) is 3.64. The predicted octanol–water partition coefficient (Wildman–Crippen LogP) is 13.4. The molecular formula is C49H31N3. The molecule has 0 unspecified atom stereocenters. The van der Waals surface area contributed by atoms with Gasteiger partial charge in [0.2, 0.25) is 0 Å². The van der Waals surface area contributed by atoms with Crippen LogP contribution in [0.25, 0.3) is 93.2 Å². The van der Waals surface area contributed by atoms with Gasteiger partial charge in [-0.15, -0.1) is 0 Å². The molecular weight excluding hydrogens is 631 g/mol. The van der Waals surface area contributed by atoms with Crippen molar-refractivity contribution in [1.82, 2.24) is 9.13 Å². The summed E-state index contributed by atoms with van der Waals surface area (Å²) in [5.74, 6) is 0. The van der Waals surface area contributed by atoms with Crippen LogP contribution < -0.4 is 0 Å². The van der Waals surface area contributed by atoms with Crippen LogP contribution in [0.1, 0.15) is 0 Å². The first kappa shape index (κ1) is 29.7. The van der Waals surface area contributed by atoms with Gasteiger partial charge in [0.05, 0.1) is 28.6 Å². The molecule has 0 aliphatic heterocycles. The van der Waals surface area contributed by atoms with E-state index in [0.29, 0.717) is 5.69 Å². The Balaban J connectivity index is 1.19. The summed E-state index contributed by atoms with van der Waals surface area (Å²) in [6, 6.07) is 67.1. The molecule has 0 radical (unpaired) electrons. The smallest absolute Gasteiger partial charge is 0.187 e. The van der Waals surface area contributed by atoms with Crippen molar-refractivity contribution >= 4 is 49.3 Å². The summed E-state index contributed by atoms with van der Waals surface area (Å²) in [5, 5.41) is 4.91. The molecule has 10 rings (SSSR count). The fourth-order valence-corrected chi connectivity index (χ4v) is 7.87. The monoisotopic (exact) mass is 661 g/mol. The molecule has 0 bridgehead atoms. The van der Waals surface area contributed by atoms with E-state index < -0.39 is 0 Å². The first-order valence-corrected chi connectivity index (χ1v) is 17.5. The molecule has 2 heterocycles. The minimum atomic E-state index is 0.639. The van der Waals surface area contributed by atoms with Gasteiger partial charge in [-0.2, -0.15) is 0 Å². The van der Waals surface area contributed by atoms with Crippen molar-refractivity contribution in [2.45, 2.75) is 0 Å². The van der Waals surface area contributed by atoms with Gasteiger partial charge in [-0.05, 0) is 112 Å². The highest BCUT2D eigenvalue weighted by molar-refractivity contribution is 6.12. The van der Waals surface area contributed by atoms with Crippen molar-refractivity contribution in [1.29, 1.82) is 0 Å². The SMILES string of the molecule is [C-]#[N+]c1ccc(-c2cc(-c3ccc4c(c3)c3ccccc3n4-c3ccccc3)cc(-c3ccc4c(c3)c3ccccc3n4-c3ccccc3)c2)cc1. The third kappa shape index (κ3) is 4.81. The van der Waals surface area contributed by atoms with Gasteiger partial charge in [-0.25, -0.2) is 4.85 Å². The Morgan fingerprint density at radius 1 is 0.308 bits per heavy atom. The summed E-state index contributed by atoms with van der Waals surface area (Å²) in [6.45, 7) is 7.49. The van der Waals surface area contributed by atoms with Gasteiger partial charge in [0.1, 0.15) is 0 Å². The Labute approximate surface area is 301 Å². The summed E-state index contributed by atoms with van der Waals surface area (Å²) in [5.41, 5.74) is 14.5. The zero-order chi connectivity index (χ0) is 34.6. The lowest BCUT2D eigenvalue weighted by Crippen LogP contribution is -1.93. The van der Waals surface area contributed by atoms with Crippen molar-refractivity contribution in [2.24, 2.45) is 0 Å². The van der Waals surface area contributed by atoms with Crippen molar-refractivity contribution in [2.75, 3.05) is 0 Å². The highest BCUT2D eigenvalue weighted by Gasteiger charge is 2.16. The van der Waals surface area contributed by atoms with Gasteiger partial charge < -0.3 is 9.13 Å². The average molecular weight is 662 g/mol. The Hall–Kier alpha value is -7.15. The predicted molar refractivity (Wildman–Crippen MR) is 218 cm³/mol. The molecule has 3 nitrogen and oxygen atoms in total. The highest BCUT2D eigenvalue weighted by atomic mass is 15.0. The number of para-hydroxylation sites is 4. The quantitative estimate of drug-likeness (QED) is 0.163. The number of fused-ring (bicyclic) bond motifs is 6. The molecule has 0 N–H and O–H groups in total. The molecule has 52 heavy (non-hydrogen) atoms. The number of nitrogens with zero attached hydrogens (tertiary/aromatic N) is 3. The van der Waals surface area contributed by atoms with E-state index in [1.807, 2.05) is 12.1 Å². The Kier molecular flexibility index (Phi) is 6.87. The Morgan fingerprint density at radius 3 is 1.15 bits per heavy atom. The van der Waals surface area contributed by atoms with Gasteiger partial charge in [-0.1, -0.05) is 109 Å². The molecule has 0 saturated heterocycles. The van der Waals surface area contributed by atoms with Crippen LogP contribution in [0.2, 0.25) is 0 Å². The van der Waals surface area contributed by atoms with Crippen LogP contribution in [0.15, 0.2) is 188 Å². The lowest BCUT2D eigenvalue weighted by molar-refractivity contribution is 1.18. The van der Waals surface area contributed by atoms with Crippen LogP contribution in [0.3, 0.4) is 0 Å². The Morgan fingerprint density at radius 2 is 0.692 bits per heavy atom. The molecule has 0 atom stereocenters. The van der Waals surface area contributed by atoms with Gasteiger partial charge in [-0.3, -0.25) is 0 Å². The van der Waals surface area contributed by atoms with E-state index >= 15 is 0 Å². The second-order valence-corrected chi connectivity index (χ2v) is 13.3. The number of hydrogen-bond donors (Lipinski definition) is 0. The number of benzene rings is 8. The topological polar surface area (TPSA) is 14.2 Å². The van der Waals surface area contributed by atoms with Crippen LogP contribution in [0.5, 0.6) is 0 Å². The zero-order valence-corrected chi connectivity index (χ0v) is 28.2. The highest BCUT2D eigenvalue weighted by Crippen LogP contribution is 2.40. The second-order valence-electron chi connectivity index (χ2n) is 13.3. The lowest BCUT2D eigenvalue weighted by atomic mass is 9.92. The minimum Gasteiger partial charge on any atom is -0.309 e. The lowest BCUT2D eigenvalue weighted by Gasteiger charge is -2.13. The normalized spacial score (nSPS) is 11.4. The standard InChI is InChI=1S/C49H31N3/c1-50-39-24-20-33(21-25-39)36-28-37(34-22-26-48-44(31-34)42-16-8-10-18-46(42)51(48)40-12-4-2-5-13-40)30-38(29-36)35-23-27-49-45(32-35)43-17-9-11-19-47(43)52(49)41-14-6-3-7-15-41/h2-32H. The first-order chi connectivity index (χ1) is 25.7. The summed E-state index contributed by atoms with van der Waals surface area (Å²) in [7, 11) is 0. The molecule has 0 aliphatic rings. The fraction of sp³-hybridized carbons (Fsp3) is 0. The largest absolute Gasteiger partial charge is 0.309 e. The molecule has 0 saturated carbocycles. The maximum absolute atomic E-state index is 7.49. The summed E-state index contributed by atoms with van der Waals surface area (Å²) >= 11 is 0. The fourth-order valence-electron chi connectivity index (χ4n) is 7.87. The van der Waals surface area contributed by atoms with E-state index in [1.165, 1.54) is 43.6 Å². The van der Waals surface area contributed by atoms with Crippen LogP contribution in [0.4, 0.5) is 5.69 Å². The molecule has 10 aromatic rings. The number of rotatable bonds is 5. The minimum absolute atomic E-state index is 0.639. The van der Waals surface area contributed by atoms with E-state index in [9.17, 15) is 0 Å². The van der Waals surface area contributed by atoms with Crippen LogP contribution in [-0.4, -0.2) is 9.13 Å². The van der Waals surface area contributed by atoms with E-state index in [0.717, 1.165) is 44.8 Å². The Bertz CT molecular complexity index is 2820. The van der Waals surface area contributed by atoms with E-state index in [1.54, 1.807) is 0 Å². The van der Waals surface area contributed by atoms with Crippen LogP contribution in [0, 0.1) is 6.57 Å². The van der Waals surface area contributed by atoms with E-state index in [4.69, 9.17) is 6.57 Å².